The quantitative estimate of drug-likeness (QED) is 0.710. The molecule has 2 aliphatic rings. The van der Waals surface area contributed by atoms with Crippen LogP contribution in [0.3, 0.4) is 0 Å². The molecule has 0 radical (unpaired) electrons. The molecule has 0 amide bonds. The van der Waals surface area contributed by atoms with Crippen molar-refractivity contribution in [3.8, 4) is 0 Å². The van der Waals surface area contributed by atoms with Crippen LogP contribution in [0, 0.1) is 20.8 Å². The highest BCUT2D eigenvalue weighted by atomic mass is 32.2. The van der Waals surface area contributed by atoms with E-state index in [1.54, 1.807) is 10.4 Å². The summed E-state index contributed by atoms with van der Waals surface area (Å²) in [6.45, 7) is 11.7. The number of nitrogens with zero attached hydrogens (tertiary/aromatic N) is 6. The maximum atomic E-state index is 13.2. The summed E-state index contributed by atoms with van der Waals surface area (Å²) in [6, 6.07) is 7.62. The molecule has 9 heteroatoms. The molecule has 1 aromatic carbocycles. The fourth-order valence-corrected chi connectivity index (χ4v) is 5.86. The molecule has 2 aromatic rings. The van der Waals surface area contributed by atoms with Gasteiger partial charge in [0.15, 0.2) is 0 Å². The van der Waals surface area contributed by atoms with Crippen molar-refractivity contribution in [3.63, 3.8) is 0 Å². The molecular formula is C22H32N6O2S. The van der Waals surface area contributed by atoms with Crippen LogP contribution in [0.2, 0.25) is 0 Å². The Labute approximate surface area is 185 Å². The van der Waals surface area contributed by atoms with Gasteiger partial charge in [-0.15, -0.1) is 0 Å². The summed E-state index contributed by atoms with van der Waals surface area (Å²) in [5.74, 6) is 1.65. The van der Waals surface area contributed by atoms with Crippen molar-refractivity contribution in [2.75, 3.05) is 69.2 Å². The van der Waals surface area contributed by atoms with E-state index in [0.29, 0.717) is 37.0 Å². The molecule has 2 saturated heterocycles. The first-order valence-corrected chi connectivity index (χ1v) is 12.3. The molecule has 2 fully saturated rings. The lowest BCUT2D eigenvalue weighted by Crippen LogP contribution is -2.49. The Bertz CT molecular complexity index is 1040. The maximum absolute atomic E-state index is 13.2. The van der Waals surface area contributed by atoms with Crippen LogP contribution in [-0.2, 0) is 10.0 Å². The van der Waals surface area contributed by atoms with Gasteiger partial charge in [0.2, 0.25) is 16.0 Å². The van der Waals surface area contributed by atoms with Crippen molar-refractivity contribution < 1.29 is 8.42 Å². The number of rotatable bonds is 4. The van der Waals surface area contributed by atoms with Crippen molar-refractivity contribution in [2.24, 2.45) is 0 Å². The minimum atomic E-state index is -3.51. The minimum Gasteiger partial charge on any atom is -0.354 e. The number of piperazine rings is 2. The second kappa shape index (κ2) is 8.72. The van der Waals surface area contributed by atoms with Gasteiger partial charge in [0.1, 0.15) is 5.82 Å². The molecule has 0 spiro atoms. The van der Waals surface area contributed by atoms with Crippen LogP contribution >= 0.6 is 0 Å². The van der Waals surface area contributed by atoms with Crippen LogP contribution in [-0.4, -0.2) is 87.0 Å². The highest BCUT2D eigenvalue weighted by Crippen LogP contribution is 2.24. The van der Waals surface area contributed by atoms with E-state index in [1.807, 2.05) is 39.0 Å². The van der Waals surface area contributed by atoms with E-state index >= 15 is 0 Å². The van der Waals surface area contributed by atoms with Crippen LogP contribution in [0.5, 0.6) is 0 Å². The number of likely N-dealkylation sites (N-methyl/N-ethyl adjacent to an activating group) is 1. The second-order valence-electron chi connectivity index (χ2n) is 8.62. The van der Waals surface area contributed by atoms with E-state index in [0.717, 1.165) is 48.8 Å². The molecule has 168 valence electrons. The number of hydrogen-bond donors (Lipinski definition) is 0. The van der Waals surface area contributed by atoms with Gasteiger partial charge >= 0.3 is 0 Å². The highest BCUT2D eigenvalue weighted by molar-refractivity contribution is 7.89. The molecule has 2 aliphatic heterocycles. The molecule has 0 saturated carbocycles. The third-order valence-electron chi connectivity index (χ3n) is 6.14. The zero-order chi connectivity index (χ0) is 22.2. The molecule has 3 heterocycles. The Hall–Kier alpha value is -2.23. The van der Waals surface area contributed by atoms with Crippen LogP contribution in [0.25, 0.3) is 0 Å². The normalized spacial score (nSPS) is 19.1. The summed E-state index contributed by atoms with van der Waals surface area (Å²) in [5, 5.41) is 0. The van der Waals surface area contributed by atoms with E-state index in [9.17, 15) is 8.42 Å². The van der Waals surface area contributed by atoms with E-state index in [4.69, 9.17) is 4.98 Å². The predicted octanol–water partition coefficient (Wildman–Crippen LogP) is 1.66. The summed E-state index contributed by atoms with van der Waals surface area (Å²) in [6.07, 6.45) is 0. The molecule has 4 rings (SSSR count). The number of sulfonamides is 1. The molecule has 0 unspecified atom stereocenters. The lowest BCUT2D eigenvalue weighted by Gasteiger charge is -2.36. The van der Waals surface area contributed by atoms with Crippen LogP contribution in [0.4, 0.5) is 11.8 Å². The van der Waals surface area contributed by atoms with Crippen molar-refractivity contribution in [1.82, 2.24) is 19.2 Å². The van der Waals surface area contributed by atoms with Gasteiger partial charge in [-0.3, -0.25) is 0 Å². The van der Waals surface area contributed by atoms with E-state index in [1.165, 1.54) is 0 Å². The van der Waals surface area contributed by atoms with Gasteiger partial charge in [0.25, 0.3) is 0 Å². The fourth-order valence-electron chi connectivity index (χ4n) is 4.13. The average Bonchev–Trinajstić information content (AvgIpc) is 2.75. The van der Waals surface area contributed by atoms with Gasteiger partial charge in [-0.25, -0.2) is 13.4 Å². The van der Waals surface area contributed by atoms with Gasteiger partial charge in [0, 0.05) is 64.1 Å². The average molecular weight is 445 g/mol. The first-order chi connectivity index (χ1) is 14.7. The monoisotopic (exact) mass is 444 g/mol. The van der Waals surface area contributed by atoms with Crippen molar-refractivity contribution in [2.45, 2.75) is 25.7 Å². The predicted molar refractivity (Wildman–Crippen MR) is 123 cm³/mol. The molecule has 8 nitrogen and oxygen atoms in total. The van der Waals surface area contributed by atoms with Crippen molar-refractivity contribution in [3.05, 3.63) is 41.1 Å². The molecule has 1 aromatic heterocycles. The lowest BCUT2D eigenvalue weighted by atomic mass is 10.2. The van der Waals surface area contributed by atoms with Crippen LogP contribution in [0.15, 0.2) is 29.2 Å². The molecule has 0 bridgehead atoms. The molecule has 0 atom stereocenters. The zero-order valence-electron chi connectivity index (χ0n) is 18.9. The minimum absolute atomic E-state index is 0.408. The standard InChI is InChI=1S/C22H32N6O2S/c1-17-5-6-18(2)20(15-17)31(29,30)28-13-11-27(12-14-28)22-23-19(3)16-21(24-22)26-9-7-25(4)8-10-26/h5-6,15-16H,7-14H2,1-4H3. The lowest BCUT2D eigenvalue weighted by molar-refractivity contribution is 0.312. The summed E-state index contributed by atoms with van der Waals surface area (Å²) >= 11 is 0. The van der Waals surface area contributed by atoms with Gasteiger partial charge in [0.05, 0.1) is 4.90 Å². The van der Waals surface area contributed by atoms with Gasteiger partial charge < -0.3 is 14.7 Å². The Morgan fingerprint density at radius 3 is 2.13 bits per heavy atom. The van der Waals surface area contributed by atoms with E-state index < -0.39 is 10.0 Å². The summed E-state index contributed by atoms with van der Waals surface area (Å²) in [5.41, 5.74) is 2.67. The Kier molecular flexibility index (Phi) is 6.18. The van der Waals surface area contributed by atoms with E-state index in [2.05, 4.69) is 26.7 Å². The van der Waals surface area contributed by atoms with Gasteiger partial charge in [-0.2, -0.15) is 9.29 Å². The Morgan fingerprint density at radius 1 is 0.806 bits per heavy atom. The van der Waals surface area contributed by atoms with Crippen LogP contribution < -0.4 is 9.80 Å². The third-order valence-corrected chi connectivity index (χ3v) is 8.18. The number of aromatic nitrogens is 2. The van der Waals surface area contributed by atoms with Crippen LogP contribution in [0.1, 0.15) is 16.8 Å². The topological polar surface area (TPSA) is 72.9 Å². The van der Waals surface area contributed by atoms with Crippen molar-refractivity contribution >= 4 is 21.8 Å². The summed E-state index contributed by atoms with van der Waals surface area (Å²) in [7, 11) is -1.37. The molecule has 0 aliphatic carbocycles. The number of hydrogen-bond acceptors (Lipinski definition) is 7. The van der Waals surface area contributed by atoms with Gasteiger partial charge in [-0.05, 0) is 45.0 Å². The largest absolute Gasteiger partial charge is 0.354 e. The first kappa shape index (κ1) is 22.0. The zero-order valence-corrected chi connectivity index (χ0v) is 19.7. The second-order valence-corrected chi connectivity index (χ2v) is 10.5. The number of anilines is 2. The van der Waals surface area contributed by atoms with E-state index in [-0.39, 0.29) is 0 Å². The summed E-state index contributed by atoms with van der Waals surface area (Å²) in [4.78, 5) is 16.6. The molecule has 0 N–H and O–H groups in total. The Morgan fingerprint density at radius 2 is 1.45 bits per heavy atom. The summed E-state index contributed by atoms with van der Waals surface area (Å²) < 4.78 is 28.0. The number of benzene rings is 1. The fraction of sp³-hybridized carbons (Fsp3) is 0.545. The molecular weight excluding hydrogens is 412 g/mol. The third kappa shape index (κ3) is 4.68. The number of aryl methyl sites for hydroxylation is 3. The Balaban J connectivity index is 1.48. The first-order valence-electron chi connectivity index (χ1n) is 10.9. The molecule has 31 heavy (non-hydrogen) atoms. The highest BCUT2D eigenvalue weighted by Gasteiger charge is 2.31. The smallest absolute Gasteiger partial charge is 0.243 e. The van der Waals surface area contributed by atoms with Crippen molar-refractivity contribution in [1.29, 1.82) is 0 Å². The maximum Gasteiger partial charge on any atom is 0.243 e. The van der Waals surface area contributed by atoms with Gasteiger partial charge in [-0.1, -0.05) is 12.1 Å². The SMILES string of the molecule is Cc1ccc(C)c(S(=O)(=O)N2CCN(c3nc(C)cc(N4CCN(C)CC4)n3)CC2)c1.